The van der Waals surface area contributed by atoms with E-state index in [0.29, 0.717) is 13.4 Å². The highest BCUT2D eigenvalue weighted by Gasteiger charge is 2.13. The molecule has 0 amide bonds. The van der Waals surface area contributed by atoms with E-state index in [1.54, 1.807) is 23.1 Å². The molecule has 0 saturated carbocycles. The van der Waals surface area contributed by atoms with Crippen molar-refractivity contribution >= 4 is 23.1 Å². The van der Waals surface area contributed by atoms with Crippen LogP contribution in [-0.4, -0.2) is 24.1 Å². The van der Waals surface area contributed by atoms with Crippen LogP contribution < -0.4 is 14.2 Å². The monoisotopic (exact) mass is 309 g/mol. The van der Waals surface area contributed by atoms with Crippen molar-refractivity contribution in [1.82, 2.24) is 4.98 Å². The van der Waals surface area contributed by atoms with E-state index in [2.05, 4.69) is 10.4 Å². The van der Waals surface area contributed by atoms with Gasteiger partial charge in [-0.15, -0.1) is 11.3 Å². The van der Waals surface area contributed by atoms with Crippen LogP contribution in [0, 0.1) is 6.92 Å². The molecule has 0 unspecified atom stereocenters. The summed E-state index contributed by atoms with van der Waals surface area (Å²) in [7, 11) is 0. The van der Waals surface area contributed by atoms with Crippen molar-refractivity contribution in [3.8, 4) is 17.2 Å². The van der Waals surface area contributed by atoms with Gasteiger partial charge in [-0.2, -0.15) is 0 Å². The molecule has 4 nitrogen and oxygen atoms in total. The van der Waals surface area contributed by atoms with Crippen LogP contribution >= 0.6 is 23.1 Å². The average molecular weight is 309 g/mol. The number of nitrogens with zero attached hydrogens (tertiary/aromatic N) is 1. The number of thiazole rings is 1. The summed E-state index contributed by atoms with van der Waals surface area (Å²) in [6.07, 6.45) is 0.984. The molecule has 0 fully saturated rings. The number of benzene rings is 1. The first-order valence-electron chi connectivity index (χ1n) is 6.38. The van der Waals surface area contributed by atoms with Gasteiger partial charge >= 0.3 is 0 Å². The highest BCUT2D eigenvalue weighted by Crippen LogP contribution is 2.35. The molecule has 6 heteroatoms. The molecule has 106 valence electrons. The fourth-order valence-electron chi connectivity index (χ4n) is 1.77. The molecule has 1 aliphatic rings. The second-order valence-electron chi connectivity index (χ2n) is 4.32. The fourth-order valence-corrected chi connectivity index (χ4v) is 3.61. The third kappa shape index (κ3) is 3.37. The predicted octanol–water partition coefficient (Wildman–Crippen LogP) is 3.74. The molecule has 0 aliphatic carbocycles. The lowest BCUT2D eigenvalue weighted by Gasteiger charge is -2.06. The summed E-state index contributed by atoms with van der Waals surface area (Å²) < 4.78 is 17.4. The van der Waals surface area contributed by atoms with E-state index in [9.17, 15) is 0 Å². The Labute approximate surface area is 126 Å². The maximum atomic E-state index is 5.71. The van der Waals surface area contributed by atoms with Crippen molar-refractivity contribution in [3.05, 3.63) is 29.3 Å². The minimum absolute atomic E-state index is 0.294. The number of aromatic nitrogens is 1. The van der Waals surface area contributed by atoms with Gasteiger partial charge in [0.05, 0.1) is 6.61 Å². The zero-order valence-corrected chi connectivity index (χ0v) is 12.8. The van der Waals surface area contributed by atoms with Crippen LogP contribution in [0.15, 0.2) is 27.9 Å². The first kappa shape index (κ1) is 13.6. The van der Waals surface area contributed by atoms with Crippen LogP contribution in [0.1, 0.15) is 12.1 Å². The third-order valence-corrected chi connectivity index (χ3v) is 4.95. The SMILES string of the molecule is Cc1csc(SCCCOc2ccc3c(c2)OCO3)n1. The van der Waals surface area contributed by atoms with Gasteiger partial charge in [0.15, 0.2) is 11.5 Å². The summed E-state index contributed by atoms with van der Waals surface area (Å²) in [5.41, 5.74) is 1.09. The number of aryl methyl sites for hydroxylation is 1. The Balaban J connectivity index is 1.39. The Morgan fingerprint density at radius 3 is 3.10 bits per heavy atom. The lowest BCUT2D eigenvalue weighted by Crippen LogP contribution is -1.98. The minimum Gasteiger partial charge on any atom is -0.493 e. The molecule has 2 heterocycles. The molecule has 0 N–H and O–H groups in total. The van der Waals surface area contributed by atoms with Crippen LogP contribution in [-0.2, 0) is 0 Å². The second kappa shape index (κ2) is 6.37. The molecule has 0 bridgehead atoms. The van der Waals surface area contributed by atoms with Crippen molar-refractivity contribution in [2.75, 3.05) is 19.2 Å². The summed E-state index contributed by atoms with van der Waals surface area (Å²) in [4.78, 5) is 4.42. The van der Waals surface area contributed by atoms with Gasteiger partial charge in [0.1, 0.15) is 10.1 Å². The van der Waals surface area contributed by atoms with Crippen molar-refractivity contribution in [3.63, 3.8) is 0 Å². The van der Waals surface area contributed by atoms with E-state index in [4.69, 9.17) is 14.2 Å². The third-order valence-electron chi connectivity index (χ3n) is 2.72. The number of rotatable bonds is 6. The Bertz CT molecular complexity index is 586. The number of ether oxygens (including phenoxy) is 3. The number of hydrogen-bond donors (Lipinski definition) is 0. The standard InChI is InChI=1S/C14H15NO3S2/c1-10-8-20-14(15-10)19-6-2-5-16-11-3-4-12-13(7-11)18-9-17-12/h3-4,7-8H,2,5-6,9H2,1H3. The number of hydrogen-bond acceptors (Lipinski definition) is 6. The van der Waals surface area contributed by atoms with E-state index in [-0.39, 0.29) is 0 Å². The minimum atomic E-state index is 0.294. The topological polar surface area (TPSA) is 40.6 Å². The van der Waals surface area contributed by atoms with Crippen molar-refractivity contribution in [2.24, 2.45) is 0 Å². The Kier molecular flexibility index (Phi) is 4.32. The van der Waals surface area contributed by atoms with E-state index in [0.717, 1.165) is 39.5 Å². The first-order chi connectivity index (χ1) is 9.81. The van der Waals surface area contributed by atoms with Crippen molar-refractivity contribution in [2.45, 2.75) is 17.7 Å². The fraction of sp³-hybridized carbons (Fsp3) is 0.357. The van der Waals surface area contributed by atoms with Gasteiger partial charge in [-0.3, -0.25) is 0 Å². The Morgan fingerprint density at radius 2 is 2.25 bits per heavy atom. The van der Waals surface area contributed by atoms with E-state index < -0.39 is 0 Å². The van der Waals surface area contributed by atoms with Gasteiger partial charge < -0.3 is 14.2 Å². The normalized spacial score (nSPS) is 12.7. The maximum absolute atomic E-state index is 5.71. The lowest BCUT2D eigenvalue weighted by molar-refractivity contribution is 0.173. The summed E-state index contributed by atoms with van der Waals surface area (Å²) in [6, 6.07) is 5.66. The molecule has 3 rings (SSSR count). The van der Waals surface area contributed by atoms with E-state index in [1.165, 1.54) is 0 Å². The van der Waals surface area contributed by atoms with Crippen molar-refractivity contribution < 1.29 is 14.2 Å². The van der Waals surface area contributed by atoms with Crippen LogP contribution in [0.4, 0.5) is 0 Å². The van der Waals surface area contributed by atoms with Crippen LogP contribution in [0.3, 0.4) is 0 Å². The number of thioether (sulfide) groups is 1. The predicted molar refractivity (Wildman–Crippen MR) is 80.3 cm³/mol. The molecule has 0 saturated heterocycles. The summed E-state index contributed by atoms with van der Waals surface area (Å²) in [6.45, 7) is 3.00. The Hall–Kier alpha value is -1.40. The van der Waals surface area contributed by atoms with Crippen molar-refractivity contribution in [1.29, 1.82) is 0 Å². The van der Waals surface area contributed by atoms with E-state index >= 15 is 0 Å². The molecule has 2 aromatic rings. The highest BCUT2D eigenvalue weighted by molar-refractivity contribution is 8.00. The lowest BCUT2D eigenvalue weighted by atomic mass is 10.3. The number of fused-ring (bicyclic) bond motifs is 1. The molecule has 1 aromatic heterocycles. The van der Waals surface area contributed by atoms with Crippen LogP contribution in [0.5, 0.6) is 17.2 Å². The van der Waals surface area contributed by atoms with Crippen LogP contribution in [0.25, 0.3) is 0 Å². The molecule has 0 atom stereocenters. The van der Waals surface area contributed by atoms with Gasteiger partial charge in [-0.1, -0.05) is 11.8 Å². The molecular weight excluding hydrogens is 294 g/mol. The summed E-state index contributed by atoms with van der Waals surface area (Å²) in [5.74, 6) is 3.38. The summed E-state index contributed by atoms with van der Waals surface area (Å²) in [5, 5.41) is 2.07. The largest absolute Gasteiger partial charge is 0.493 e. The molecule has 0 spiro atoms. The quantitative estimate of drug-likeness (QED) is 0.600. The second-order valence-corrected chi connectivity index (χ2v) is 6.52. The maximum Gasteiger partial charge on any atom is 0.231 e. The van der Waals surface area contributed by atoms with Gasteiger partial charge in [0, 0.05) is 22.9 Å². The highest BCUT2D eigenvalue weighted by atomic mass is 32.2. The molecule has 20 heavy (non-hydrogen) atoms. The molecule has 1 aliphatic heterocycles. The zero-order chi connectivity index (χ0) is 13.8. The molecule has 0 radical (unpaired) electrons. The van der Waals surface area contributed by atoms with Gasteiger partial charge in [0.25, 0.3) is 0 Å². The average Bonchev–Trinajstić information content (AvgIpc) is 3.06. The van der Waals surface area contributed by atoms with E-state index in [1.807, 2.05) is 25.1 Å². The van der Waals surface area contributed by atoms with Gasteiger partial charge in [-0.05, 0) is 25.5 Å². The first-order valence-corrected chi connectivity index (χ1v) is 8.25. The molecule has 1 aromatic carbocycles. The summed E-state index contributed by atoms with van der Waals surface area (Å²) >= 11 is 3.48. The molecular formula is C14H15NO3S2. The Morgan fingerprint density at radius 1 is 1.35 bits per heavy atom. The van der Waals surface area contributed by atoms with Gasteiger partial charge in [0.2, 0.25) is 6.79 Å². The zero-order valence-electron chi connectivity index (χ0n) is 11.1. The van der Waals surface area contributed by atoms with Crippen LogP contribution in [0.2, 0.25) is 0 Å². The van der Waals surface area contributed by atoms with Gasteiger partial charge in [-0.25, -0.2) is 4.98 Å². The smallest absolute Gasteiger partial charge is 0.231 e.